The van der Waals surface area contributed by atoms with Gasteiger partial charge < -0.3 is 16.0 Å². The second-order valence-electron chi connectivity index (χ2n) is 4.96. The van der Waals surface area contributed by atoms with E-state index in [1.54, 1.807) is 6.33 Å². The Morgan fingerprint density at radius 1 is 1.35 bits per heavy atom. The lowest BCUT2D eigenvalue weighted by molar-refractivity contribution is -0.123. The summed E-state index contributed by atoms with van der Waals surface area (Å²) in [5.41, 5.74) is 1.04. The molecule has 0 saturated carbocycles. The lowest BCUT2D eigenvalue weighted by Gasteiger charge is -2.24. The molecule has 0 bridgehead atoms. The molecule has 0 aromatic carbocycles. The lowest BCUT2D eigenvalue weighted by atomic mass is 10.1. The van der Waals surface area contributed by atoms with E-state index in [9.17, 15) is 4.79 Å². The summed E-state index contributed by atoms with van der Waals surface area (Å²) in [6.07, 6.45) is 5.25. The molecule has 1 atom stereocenters. The quantitative estimate of drug-likeness (QED) is 0.735. The Morgan fingerprint density at radius 3 is 2.85 bits per heavy atom. The minimum absolute atomic E-state index is 0.0555. The molecule has 3 N–H and O–H groups in total. The van der Waals surface area contributed by atoms with Crippen LogP contribution >= 0.6 is 0 Å². The molecule has 1 fully saturated rings. The number of nitrogens with zero attached hydrogens (tertiary/aromatic N) is 2. The van der Waals surface area contributed by atoms with Gasteiger partial charge in [-0.2, -0.15) is 0 Å². The molecule has 1 unspecified atom stereocenters. The first kappa shape index (κ1) is 14.6. The standard InChI is InChI=1S/C14H23N5O/c1-3-7-15-12-10(4-2)13(18-9-17-12)19-11-6-5-8-16-14(11)20/h9,11H,3-8H2,1-2H3,(H,16,20)(H2,15,17,18,19). The van der Waals surface area contributed by atoms with Crippen molar-refractivity contribution in [1.82, 2.24) is 15.3 Å². The van der Waals surface area contributed by atoms with Crippen LogP contribution in [0.3, 0.4) is 0 Å². The molecule has 6 heteroatoms. The van der Waals surface area contributed by atoms with Crippen molar-refractivity contribution in [2.75, 3.05) is 23.7 Å². The fourth-order valence-electron chi connectivity index (χ4n) is 2.34. The second-order valence-corrected chi connectivity index (χ2v) is 4.96. The van der Waals surface area contributed by atoms with Crippen molar-refractivity contribution in [3.05, 3.63) is 11.9 Å². The van der Waals surface area contributed by atoms with Crippen molar-refractivity contribution in [3.63, 3.8) is 0 Å². The first-order valence-corrected chi connectivity index (χ1v) is 7.38. The number of aromatic nitrogens is 2. The van der Waals surface area contributed by atoms with Crippen molar-refractivity contribution in [2.24, 2.45) is 0 Å². The largest absolute Gasteiger partial charge is 0.370 e. The summed E-state index contributed by atoms with van der Waals surface area (Å²) < 4.78 is 0. The molecular formula is C14H23N5O. The highest BCUT2D eigenvalue weighted by molar-refractivity contribution is 5.85. The number of hydrogen-bond acceptors (Lipinski definition) is 5. The smallest absolute Gasteiger partial charge is 0.242 e. The van der Waals surface area contributed by atoms with E-state index in [1.807, 2.05) is 0 Å². The molecule has 0 spiro atoms. The van der Waals surface area contributed by atoms with Crippen LogP contribution in [0.5, 0.6) is 0 Å². The molecule has 0 radical (unpaired) electrons. The van der Waals surface area contributed by atoms with Gasteiger partial charge in [0.05, 0.1) is 0 Å². The molecule has 0 aliphatic carbocycles. The first-order valence-electron chi connectivity index (χ1n) is 7.38. The zero-order valence-corrected chi connectivity index (χ0v) is 12.2. The zero-order chi connectivity index (χ0) is 14.4. The van der Waals surface area contributed by atoms with Crippen LogP contribution in [-0.2, 0) is 11.2 Å². The van der Waals surface area contributed by atoms with Gasteiger partial charge in [0.1, 0.15) is 24.0 Å². The summed E-state index contributed by atoms with van der Waals surface area (Å²) in [5.74, 6) is 1.69. The van der Waals surface area contributed by atoms with Crippen molar-refractivity contribution < 1.29 is 4.79 Å². The van der Waals surface area contributed by atoms with Crippen LogP contribution in [0.4, 0.5) is 11.6 Å². The first-order chi connectivity index (χ1) is 9.76. The predicted molar refractivity (Wildman–Crippen MR) is 79.8 cm³/mol. The van der Waals surface area contributed by atoms with Crippen molar-refractivity contribution in [3.8, 4) is 0 Å². The van der Waals surface area contributed by atoms with Crippen LogP contribution in [0, 0.1) is 0 Å². The van der Waals surface area contributed by atoms with Gasteiger partial charge in [-0.1, -0.05) is 13.8 Å². The van der Waals surface area contributed by atoms with Gasteiger partial charge in [0.25, 0.3) is 0 Å². The van der Waals surface area contributed by atoms with Gasteiger partial charge in [0.15, 0.2) is 0 Å². The van der Waals surface area contributed by atoms with Gasteiger partial charge in [-0.15, -0.1) is 0 Å². The predicted octanol–water partition coefficient (Wildman–Crippen LogP) is 1.55. The van der Waals surface area contributed by atoms with E-state index in [0.29, 0.717) is 0 Å². The van der Waals surface area contributed by atoms with Gasteiger partial charge in [0, 0.05) is 18.7 Å². The maximum atomic E-state index is 11.8. The van der Waals surface area contributed by atoms with E-state index >= 15 is 0 Å². The third-order valence-corrected chi connectivity index (χ3v) is 3.44. The summed E-state index contributed by atoms with van der Waals surface area (Å²) in [5, 5.41) is 9.45. The van der Waals surface area contributed by atoms with E-state index < -0.39 is 0 Å². The number of piperidine rings is 1. The highest BCUT2D eigenvalue weighted by atomic mass is 16.2. The number of carbonyl (C=O) groups is 1. The average Bonchev–Trinajstić information content (AvgIpc) is 2.47. The van der Waals surface area contributed by atoms with Gasteiger partial charge in [-0.05, 0) is 25.7 Å². The molecule has 2 heterocycles. The van der Waals surface area contributed by atoms with E-state index in [0.717, 1.165) is 56.0 Å². The van der Waals surface area contributed by atoms with Crippen LogP contribution in [0.15, 0.2) is 6.33 Å². The Balaban J connectivity index is 2.15. The minimum atomic E-state index is -0.192. The van der Waals surface area contributed by atoms with Gasteiger partial charge in [-0.3, -0.25) is 4.79 Å². The number of rotatable bonds is 6. The van der Waals surface area contributed by atoms with Gasteiger partial charge in [0.2, 0.25) is 5.91 Å². The molecule has 1 saturated heterocycles. The van der Waals surface area contributed by atoms with Crippen molar-refractivity contribution >= 4 is 17.5 Å². The number of anilines is 2. The fourth-order valence-corrected chi connectivity index (χ4v) is 2.34. The maximum absolute atomic E-state index is 11.8. The van der Waals surface area contributed by atoms with Crippen LogP contribution < -0.4 is 16.0 Å². The summed E-state index contributed by atoms with van der Waals surface area (Å²) in [7, 11) is 0. The van der Waals surface area contributed by atoms with E-state index in [2.05, 4.69) is 39.8 Å². The van der Waals surface area contributed by atoms with Crippen LogP contribution in [0.1, 0.15) is 38.7 Å². The third kappa shape index (κ3) is 3.37. The van der Waals surface area contributed by atoms with Gasteiger partial charge >= 0.3 is 0 Å². The topological polar surface area (TPSA) is 78.9 Å². The molecule has 110 valence electrons. The van der Waals surface area contributed by atoms with Crippen molar-refractivity contribution in [1.29, 1.82) is 0 Å². The molecule has 2 rings (SSSR count). The number of nitrogens with one attached hydrogen (secondary N) is 3. The van der Waals surface area contributed by atoms with Crippen LogP contribution in [-0.4, -0.2) is 35.0 Å². The Hall–Kier alpha value is -1.85. The van der Waals surface area contributed by atoms with Crippen LogP contribution in [0.2, 0.25) is 0 Å². The van der Waals surface area contributed by atoms with Gasteiger partial charge in [-0.25, -0.2) is 9.97 Å². The Labute approximate surface area is 119 Å². The number of hydrogen-bond donors (Lipinski definition) is 3. The normalized spacial score (nSPS) is 18.5. The van der Waals surface area contributed by atoms with E-state index in [-0.39, 0.29) is 11.9 Å². The molecule has 1 aromatic heterocycles. The van der Waals surface area contributed by atoms with Crippen molar-refractivity contribution in [2.45, 2.75) is 45.6 Å². The van der Waals surface area contributed by atoms with E-state index in [1.165, 1.54) is 0 Å². The monoisotopic (exact) mass is 277 g/mol. The third-order valence-electron chi connectivity index (χ3n) is 3.44. The Bertz CT molecular complexity index is 463. The summed E-state index contributed by atoms with van der Waals surface area (Å²) in [6.45, 7) is 5.84. The lowest BCUT2D eigenvalue weighted by Crippen LogP contribution is -2.44. The Morgan fingerprint density at radius 2 is 2.15 bits per heavy atom. The second kappa shape index (κ2) is 7.07. The van der Waals surface area contributed by atoms with Crippen LogP contribution in [0.25, 0.3) is 0 Å². The summed E-state index contributed by atoms with van der Waals surface area (Å²) >= 11 is 0. The average molecular weight is 277 g/mol. The SMILES string of the molecule is CCCNc1ncnc(NC2CCCNC2=O)c1CC. The van der Waals surface area contributed by atoms with E-state index in [4.69, 9.17) is 0 Å². The maximum Gasteiger partial charge on any atom is 0.242 e. The summed E-state index contributed by atoms with van der Waals surface area (Å²) in [6, 6.07) is -0.192. The zero-order valence-electron chi connectivity index (χ0n) is 12.2. The molecule has 1 amide bonds. The molecular weight excluding hydrogens is 254 g/mol. The highest BCUT2D eigenvalue weighted by Gasteiger charge is 2.23. The number of carbonyl (C=O) groups excluding carboxylic acids is 1. The highest BCUT2D eigenvalue weighted by Crippen LogP contribution is 2.22. The number of amides is 1. The fraction of sp³-hybridized carbons (Fsp3) is 0.643. The molecule has 1 aliphatic heterocycles. The molecule has 20 heavy (non-hydrogen) atoms. The molecule has 1 aliphatic rings. The Kier molecular flexibility index (Phi) is 5.15. The molecule has 1 aromatic rings. The summed E-state index contributed by atoms with van der Waals surface area (Å²) in [4.78, 5) is 20.4. The molecule has 6 nitrogen and oxygen atoms in total. The minimum Gasteiger partial charge on any atom is -0.370 e.